The number of hydrogen-bond acceptors (Lipinski definition) is 15. The van der Waals surface area contributed by atoms with Gasteiger partial charge in [-0.2, -0.15) is 0 Å². The molecule has 17 nitrogen and oxygen atoms in total. The van der Waals surface area contributed by atoms with Crippen molar-refractivity contribution >= 4 is 39.5 Å². The zero-order valence-electron chi connectivity index (χ0n) is 64.4. The molecule has 0 aliphatic carbocycles. The van der Waals surface area contributed by atoms with E-state index in [1.807, 2.05) is 0 Å². The Labute approximate surface area is 600 Å². The lowest BCUT2D eigenvalue weighted by Crippen LogP contribution is -2.30. The summed E-state index contributed by atoms with van der Waals surface area (Å²) in [4.78, 5) is 72.9. The third kappa shape index (κ3) is 71.1. The topological polar surface area (TPSA) is 237 Å². The predicted octanol–water partition coefficient (Wildman–Crippen LogP) is 23.2. The van der Waals surface area contributed by atoms with Gasteiger partial charge in [-0.3, -0.25) is 37.3 Å². The van der Waals surface area contributed by atoms with Gasteiger partial charge in [0.2, 0.25) is 0 Å². The molecule has 0 amide bonds. The highest BCUT2D eigenvalue weighted by molar-refractivity contribution is 7.47. The van der Waals surface area contributed by atoms with Crippen LogP contribution in [0.4, 0.5) is 0 Å². The summed E-state index contributed by atoms with van der Waals surface area (Å²) in [6.07, 6.45) is 54.3. The standard InChI is InChI=1S/C79H154O17P2/c1-9-72(8)58-50-42-37-38-44-52-60-77(82)90-66-75(96-79(84)62-54-46-36-30-29-33-41-49-57-71(6)7)68-94-98(87,88)92-64-73(80)63-91-97(85,86)93-67-74(95-78(83)61-53-45-35-28-24-20-16-12-14-18-22-26-32-40-48-56-70(4)5)65-89-76(81)59-51-43-34-27-23-19-15-11-10-13-17-21-25-31-39-47-55-69(2)3/h69-75,80H,9-68H2,1-8H3,(H,85,86)(H,87,88)/t72?,73-,74-,75-/m1/s1. The molecule has 0 spiro atoms. The van der Waals surface area contributed by atoms with E-state index in [-0.39, 0.29) is 25.7 Å². The van der Waals surface area contributed by atoms with Crippen molar-refractivity contribution in [1.29, 1.82) is 0 Å². The van der Waals surface area contributed by atoms with E-state index >= 15 is 0 Å². The lowest BCUT2D eigenvalue weighted by atomic mass is 10.00. The maximum absolute atomic E-state index is 13.1. The first kappa shape index (κ1) is 96.1. The lowest BCUT2D eigenvalue weighted by molar-refractivity contribution is -0.161. The van der Waals surface area contributed by atoms with Gasteiger partial charge >= 0.3 is 39.5 Å². The number of phosphoric ester groups is 2. The van der Waals surface area contributed by atoms with Crippen LogP contribution in [0.15, 0.2) is 0 Å². The summed E-state index contributed by atoms with van der Waals surface area (Å²) in [5.74, 6) is 0.945. The first-order valence-electron chi connectivity index (χ1n) is 40.7. The van der Waals surface area contributed by atoms with E-state index in [9.17, 15) is 43.2 Å². The van der Waals surface area contributed by atoms with Gasteiger partial charge in [0.05, 0.1) is 26.4 Å². The molecule has 3 N–H and O–H groups in total. The van der Waals surface area contributed by atoms with Gasteiger partial charge < -0.3 is 33.8 Å². The third-order valence-electron chi connectivity index (χ3n) is 18.7. The molecule has 582 valence electrons. The van der Waals surface area contributed by atoms with Crippen LogP contribution in [0.2, 0.25) is 0 Å². The van der Waals surface area contributed by atoms with E-state index in [4.69, 9.17) is 37.0 Å². The number of carbonyl (C=O) groups is 4. The number of aliphatic hydroxyl groups is 1. The normalized spacial score (nSPS) is 14.3. The molecule has 0 fully saturated rings. The molecule has 0 radical (unpaired) electrons. The van der Waals surface area contributed by atoms with Crippen LogP contribution in [-0.4, -0.2) is 96.7 Å². The fourth-order valence-corrected chi connectivity index (χ4v) is 13.6. The minimum atomic E-state index is -4.96. The molecule has 0 heterocycles. The summed E-state index contributed by atoms with van der Waals surface area (Å²) < 4.78 is 68.6. The Morgan fingerprint density at radius 1 is 0.286 bits per heavy atom. The Morgan fingerprint density at radius 2 is 0.490 bits per heavy atom. The van der Waals surface area contributed by atoms with Crippen molar-refractivity contribution in [3.05, 3.63) is 0 Å². The molecule has 0 saturated carbocycles. The van der Waals surface area contributed by atoms with Crippen molar-refractivity contribution in [3.8, 4) is 0 Å². The Hall–Kier alpha value is -1.94. The second-order valence-corrected chi connectivity index (χ2v) is 33.0. The predicted molar refractivity (Wildman–Crippen MR) is 400 cm³/mol. The molecular weight excluding hydrogens is 1280 g/mol. The van der Waals surface area contributed by atoms with Gasteiger partial charge in [0.25, 0.3) is 0 Å². The van der Waals surface area contributed by atoms with Crippen LogP contribution in [-0.2, 0) is 65.4 Å². The molecular formula is C79H154O17P2. The Balaban J connectivity index is 5.22. The van der Waals surface area contributed by atoms with E-state index in [1.165, 1.54) is 199 Å². The maximum atomic E-state index is 13.1. The van der Waals surface area contributed by atoms with Crippen molar-refractivity contribution in [2.75, 3.05) is 39.6 Å². The first-order chi connectivity index (χ1) is 47.1. The van der Waals surface area contributed by atoms with E-state index in [0.717, 1.165) is 120 Å². The smallest absolute Gasteiger partial charge is 0.462 e. The molecule has 19 heteroatoms. The van der Waals surface area contributed by atoms with Crippen LogP contribution >= 0.6 is 15.6 Å². The summed E-state index contributed by atoms with van der Waals surface area (Å²) in [6, 6.07) is 0. The summed E-state index contributed by atoms with van der Waals surface area (Å²) in [7, 11) is -9.92. The van der Waals surface area contributed by atoms with Gasteiger partial charge in [0.15, 0.2) is 12.2 Å². The van der Waals surface area contributed by atoms with Crippen LogP contribution in [0.5, 0.6) is 0 Å². The van der Waals surface area contributed by atoms with E-state index in [2.05, 4.69) is 55.4 Å². The highest BCUT2D eigenvalue weighted by Gasteiger charge is 2.30. The van der Waals surface area contributed by atoms with Crippen LogP contribution in [0.1, 0.15) is 402 Å². The largest absolute Gasteiger partial charge is 0.472 e. The van der Waals surface area contributed by atoms with Gasteiger partial charge in [0.1, 0.15) is 19.3 Å². The highest BCUT2D eigenvalue weighted by Crippen LogP contribution is 2.45. The molecule has 0 aromatic heterocycles. The van der Waals surface area contributed by atoms with Gasteiger partial charge in [0, 0.05) is 25.7 Å². The Bertz CT molecular complexity index is 1920. The van der Waals surface area contributed by atoms with E-state index < -0.39 is 97.5 Å². The average Bonchev–Trinajstić information content (AvgIpc) is 2.60. The SMILES string of the molecule is CCC(C)CCCCCCCCC(=O)OC[C@H](COP(=O)(O)OC[C@H](O)COP(=O)(O)OC[C@@H](COC(=O)CCCCCCCCCCCCCCCCCCC(C)C)OC(=O)CCCCCCCCCCCCCCCCCC(C)C)OC(=O)CCCCCCCCCCC(C)C. The number of esters is 4. The molecule has 0 saturated heterocycles. The van der Waals surface area contributed by atoms with Crippen LogP contribution in [0, 0.1) is 23.7 Å². The van der Waals surface area contributed by atoms with Crippen molar-refractivity contribution < 1.29 is 80.2 Å². The van der Waals surface area contributed by atoms with Crippen LogP contribution in [0.3, 0.4) is 0 Å². The molecule has 3 unspecified atom stereocenters. The molecule has 6 atom stereocenters. The Morgan fingerprint density at radius 3 is 0.724 bits per heavy atom. The highest BCUT2D eigenvalue weighted by atomic mass is 31.2. The monoisotopic (exact) mass is 1440 g/mol. The summed E-state index contributed by atoms with van der Waals surface area (Å²) in [5.41, 5.74) is 0. The van der Waals surface area contributed by atoms with Gasteiger partial charge in [-0.15, -0.1) is 0 Å². The number of carbonyl (C=O) groups excluding carboxylic acids is 4. The minimum absolute atomic E-state index is 0.103. The van der Waals surface area contributed by atoms with Gasteiger partial charge in [-0.1, -0.05) is 351 Å². The molecule has 0 bridgehead atoms. The average molecular weight is 1440 g/mol. The second kappa shape index (κ2) is 68.2. The van der Waals surface area contributed by atoms with Crippen molar-refractivity contribution in [3.63, 3.8) is 0 Å². The number of phosphoric acid groups is 2. The molecule has 0 rings (SSSR count). The zero-order chi connectivity index (χ0) is 72.4. The van der Waals surface area contributed by atoms with Gasteiger partial charge in [-0.25, -0.2) is 9.13 Å². The first-order valence-corrected chi connectivity index (χ1v) is 43.7. The number of aliphatic hydroxyl groups excluding tert-OH is 1. The molecule has 98 heavy (non-hydrogen) atoms. The van der Waals surface area contributed by atoms with Crippen LogP contribution < -0.4 is 0 Å². The van der Waals surface area contributed by atoms with Crippen molar-refractivity contribution in [2.24, 2.45) is 23.7 Å². The molecule has 0 aromatic rings. The van der Waals surface area contributed by atoms with Crippen molar-refractivity contribution in [2.45, 2.75) is 420 Å². The Kier molecular flexibility index (Phi) is 66.8. The molecule has 0 aliphatic heterocycles. The fourth-order valence-electron chi connectivity index (χ4n) is 12.0. The third-order valence-corrected chi connectivity index (χ3v) is 20.6. The summed E-state index contributed by atoms with van der Waals surface area (Å²) in [6.45, 7) is 14.2. The summed E-state index contributed by atoms with van der Waals surface area (Å²) in [5, 5.41) is 10.6. The number of rotatable bonds is 76. The van der Waals surface area contributed by atoms with Crippen LogP contribution in [0.25, 0.3) is 0 Å². The lowest BCUT2D eigenvalue weighted by Gasteiger charge is -2.21. The number of hydrogen-bond donors (Lipinski definition) is 3. The summed E-state index contributed by atoms with van der Waals surface area (Å²) >= 11 is 0. The fraction of sp³-hybridized carbons (Fsp3) is 0.949. The quantitative estimate of drug-likeness (QED) is 0.0222. The number of unbranched alkanes of at least 4 members (excludes halogenated alkanes) is 41. The maximum Gasteiger partial charge on any atom is 0.472 e. The van der Waals surface area contributed by atoms with Crippen molar-refractivity contribution in [1.82, 2.24) is 0 Å². The minimum Gasteiger partial charge on any atom is -0.462 e. The number of ether oxygens (including phenoxy) is 4. The zero-order valence-corrected chi connectivity index (χ0v) is 66.2. The van der Waals surface area contributed by atoms with E-state index in [1.54, 1.807) is 0 Å². The van der Waals surface area contributed by atoms with Gasteiger partial charge in [-0.05, 0) is 49.4 Å². The van der Waals surface area contributed by atoms with E-state index in [0.29, 0.717) is 25.7 Å². The molecule has 0 aliphatic rings. The second-order valence-electron chi connectivity index (χ2n) is 30.1. The molecule has 0 aromatic carbocycles.